The molecular weight excluding hydrogens is 839 g/mol. The molecule has 6 aromatic carbocycles. The van der Waals surface area contributed by atoms with Crippen LogP contribution in [0.4, 0.5) is 0 Å². The molecule has 52 heavy (non-hydrogen) atoms. The molecule has 6 rings (SSSR count). The Hall–Kier alpha value is -2.38. The van der Waals surface area contributed by atoms with Gasteiger partial charge in [-0.15, -0.1) is 68.3 Å². The summed E-state index contributed by atoms with van der Waals surface area (Å²) >= 11 is 0. The van der Waals surface area contributed by atoms with Gasteiger partial charge < -0.3 is 14.9 Å². The van der Waals surface area contributed by atoms with E-state index in [1.54, 1.807) is 10.4 Å². The first-order valence-corrected chi connectivity index (χ1v) is 28.5. The molecule has 0 saturated heterocycles. The van der Waals surface area contributed by atoms with Crippen LogP contribution in [0.25, 0.3) is 43.8 Å². The van der Waals surface area contributed by atoms with Gasteiger partial charge in [0.05, 0.1) is 24.2 Å². The van der Waals surface area contributed by atoms with Crippen molar-refractivity contribution in [3.63, 3.8) is 0 Å². The fourth-order valence-electron chi connectivity index (χ4n) is 8.05. The average Bonchev–Trinajstić information content (AvgIpc) is 3.73. The van der Waals surface area contributed by atoms with E-state index in [-0.39, 0.29) is 40.7 Å². The third kappa shape index (κ3) is 9.28. The minimum absolute atomic E-state index is 0. The largest absolute Gasteiger partial charge is 4.00 e. The summed E-state index contributed by atoms with van der Waals surface area (Å²) in [5.74, 6) is 0. The number of rotatable bonds is 14. The van der Waals surface area contributed by atoms with Crippen molar-refractivity contribution in [2.75, 3.05) is 0 Å². The zero-order valence-electron chi connectivity index (χ0n) is 34.0. The van der Waals surface area contributed by atoms with Gasteiger partial charge in [0.1, 0.15) is 0 Å². The van der Waals surface area contributed by atoms with E-state index >= 15 is 0 Å². The Bertz CT molecular complexity index is 1850. The standard InChI is InChI=1S/C46H58Si3.2CH3.Hf/c1-9-11-13-29-49(30-14-12-10-2,41-31-37-17-15-19-43(45(37)33-41)35-21-25-39(26-22-35)47(3,4)5)42-32-38-18-16-20-44(46(38)34-42)36-23-27-40(28-24-36)48(6,7)8;;;/h15-28,31-34H,9-14,29-30H2,1-8H3;2*1H3;/q-2;2*-1;+4. The van der Waals surface area contributed by atoms with Gasteiger partial charge in [-0.25, -0.2) is 0 Å². The van der Waals surface area contributed by atoms with E-state index < -0.39 is 24.2 Å². The number of fused-ring (bicyclic) bond motifs is 2. The smallest absolute Gasteiger partial charge is 0.358 e. The SMILES string of the molecule is CCCCC[Si](CCCCC)(c1cc2c(-c3ccc([Si](C)(C)C)cc3)cccc2[cH-]1)c1cc2c(-c3ccc([Si](C)(C)C)cc3)cccc2[cH-]1.[CH3-].[CH3-].[Hf+4]. The van der Waals surface area contributed by atoms with Crippen LogP contribution in [0.1, 0.15) is 52.4 Å². The molecule has 0 atom stereocenters. The molecule has 0 N–H and O–H groups in total. The quantitative estimate of drug-likeness (QED) is 0.0580. The summed E-state index contributed by atoms with van der Waals surface area (Å²) in [6.45, 7) is 19.3. The molecule has 0 saturated carbocycles. The molecule has 0 fully saturated rings. The maximum Gasteiger partial charge on any atom is 4.00 e. The molecule has 0 amide bonds. The van der Waals surface area contributed by atoms with Crippen LogP contribution < -0.4 is 20.7 Å². The molecular formula is C48H64HfSi3. The molecule has 0 radical (unpaired) electrons. The van der Waals surface area contributed by atoms with Gasteiger partial charge in [0.25, 0.3) is 0 Å². The van der Waals surface area contributed by atoms with E-state index in [9.17, 15) is 0 Å². The molecule has 0 bridgehead atoms. The number of unbranched alkanes of at least 4 members (excludes halogenated alkanes) is 4. The summed E-state index contributed by atoms with van der Waals surface area (Å²) in [6, 6.07) is 46.3. The van der Waals surface area contributed by atoms with Crippen LogP contribution in [-0.4, -0.2) is 24.2 Å². The van der Waals surface area contributed by atoms with Crippen LogP contribution in [0.3, 0.4) is 0 Å². The Morgan fingerprint density at radius 1 is 0.481 bits per heavy atom. The van der Waals surface area contributed by atoms with E-state index in [1.165, 1.54) is 105 Å². The zero-order valence-corrected chi connectivity index (χ0v) is 40.6. The van der Waals surface area contributed by atoms with Gasteiger partial charge in [-0.05, 0) is 11.1 Å². The van der Waals surface area contributed by atoms with Crippen LogP contribution in [0.5, 0.6) is 0 Å². The fourth-order valence-corrected chi connectivity index (χ4v) is 15.5. The van der Waals surface area contributed by atoms with Crippen molar-refractivity contribution in [2.24, 2.45) is 0 Å². The molecule has 0 spiro atoms. The second-order valence-electron chi connectivity index (χ2n) is 16.8. The summed E-state index contributed by atoms with van der Waals surface area (Å²) in [4.78, 5) is 0. The van der Waals surface area contributed by atoms with Gasteiger partial charge in [0.2, 0.25) is 0 Å². The maximum atomic E-state index is 2.65. The first kappa shape index (κ1) is 44.0. The molecule has 272 valence electrons. The minimum Gasteiger partial charge on any atom is -0.358 e. The third-order valence-electron chi connectivity index (χ3n) is 11.1. The molecule has 0 unspecified atom stereocenters. The topological polar surface area (TPSA) is 0 Å². The molecule has 0 aliphatic heterocycles. The predicted octanol–water partition coefficient (Wildman–Crippen LogP) is 12.7. The minimum atomic E-state index is -2.09. The summed E-state index contributed by atoms with van der Waals surface area (Å²) in [6.07, 6.45) is 7.78. The molecule has 0 aromatic heterocycles. The van der Waals surface area contributed by atoms with Crippen molar-refractivity contribution < 1.29 is 25.8 Å². The number of hydrogen-bond donors (Lipinski definition) is 0. The van der Waals surface area contributed by atoms with Gasteiger partial charge in [-0.1, -0.05) is 186 Å². The summed E-state index contributed by atoms with van der Waals surface area (Å²) in [5.41, 5.74) is 5.45. The van der Waals surface area contributed by atoms with E-state index in [4.69, 9.17) is 0 Å². The molecule has 6 aromatic rings. The van der Waals surface area contributed by atoms with Crippen molar-refractivity contribution in [3.8, 4) is 22.3 Å². The Balaban J connectivity index is 0.00000243. The molecule has 0 aliphatic rings. The van der Waals surface area contributed by atoms with Crippen LogP contribution in [0, 0.1) is 14.9 Å². The fraction of sp³-hybridized carbons (Fsp3) is 0.333. The van der Waals surface area contributed by atoms with E-state index in [2.05, 4.69) is 162 Å². The molecule has 0 heterocycles. The number of hydrogen-bond acceptors (Lipinski definition) is 0. The second-order valence-corrected chi connectivity index (χ2v) is 31.2. The van der Waals surface area contributed by atoms with Crippen LogP contribution >= 0.6 is 0 Å². The molecule has 4 heteroatoms. The van der Waals surface area contributed by atoms with Crippen molar-refractivity contribution in [1.29, 1.82) is 0 Å². The Labute approximate surface area is 340 Å². The Morgan fingerprint density at radius 3 is 1.17 bits per heavy atom. The van der Waals surface area contributed by atoms with Gasteiger partial charge >= 0.3 is 25.8 Å². The summed E-state index contributed by atoms with van der Waals surface area (Å²) in [5, 5.41) is 12.0. The van der Waals surface area contributed by atoms with E-state index in [0.717, 1.165) is 0 Å². The Morgan fingerprint density at radius 2 is 0.846 bits per heavy atom. The first-order chi connectivity index (χ1) is 23.4. The molecule has 0 nitrogen and oxygen atoms in total. The maximum absolute atomic E-state index is 2.65. The van der Waals surface area contributed by atoms with Crippen molar-refractivity contribution in [3.05, 3.63) is 124 Å². The second kappa shape index (κ2) is 18.3. The van der Waals surface area contributed by atoms with Gasteiger partial charge in [0, 0.05) is 0 Å². The van der Waals surface area contributed by atoms with E-state index in [1.807, 2.05) is 0 Å². The third-order valence-corrected chi connectivity index (χ3v) is 20.5. The predicted molar refractivity (Wildman–Crippen MR) is 242 cm³/mol. The van der Waals surface area contributed by atoms with Gasteiger partial charge in [-0.2, -0.15) is 12.1 Å². The Kier molecular flexibility index (Phi) is 15.5. The summed E-state index contributed by atoms with van der Waals surface area (Å²) < 4.78 is 0. The van der Waals surface area contributed by atoms with Crippen molar-refractivity contribution >= 4 is 66.5 Å². The van der Waals surface area contributed by atoms with E-state index in [0.29, 0.717) is 0 Å². The monoisotopic (exact) mass is 904 g/mol. The first-order valence-electron chi connectivity index (χ1n) is 19.1. The molecule has 0 aliphatic carbocycles. The van der Waals surface area contributed by atoms with Crippen molar-refractivity contribution in [1.82, 2.24) is 0 Å². The average molecular weight is 904 g/mol. The van der Waals surface area contributed by atoms with Gasteiger partial charge in [0.15, 0.2) is 0 Å². The normalized spacial score (nSPS) is 12.0. The number of benzene rings is 4. The zero-order chi connectivity index (χ0) is 34.8. The van der Waals surface area contributed by atoms with Crippen LogP contribution in [0.15, 0.2) is 109 Å². The van der Waals surface area contributed by atoms with Crippen LogP contribution in [-0.2, 0) is 25.8 Å². The van der Waals surface area contributed by atoms with Crippen LogP contribution in [0.2, 0.25) is 51.4 Å². The van der Waals surface area contributed by atoms with Crippen molar-refractivity contribution in [2.45, 2.75) is 104 Å². The van der Waals surface area contributed by atoms with Gasteiger partial charge in [-0.3, -0.25) is 0 Å². The summed E-state index contributed by atoms with van der Waals surface area (Å²) in [7, 11) is -4.78.